The van der Waals surface area contributed by atoms with Crippen LogP contribution in [0.5, 0.6) is 0 Å². The second kappa shape index (κ2) is 9.93. The van der Waals surface area contributed by atoms with E-state index in [1.807, 2.05) is 23.2 Å². The molecule has 0 radical (unpaired) electrons. The standard InChI is InChI=1S/C24H26BrCl2N3O/c1-15-22(24(31)28-19-6-4-2-3-5-7-19)29-30(21-13-12-18(26)14-20(21)27)23(15)16-8-10-17(25)11-9-16/h8-15,19,23H,2-7H2,1H3,(H,28,31)/t15-,23+/m0/s1. The number of rotatable bonds is 4. The van der Waals surface area contributed by atoms with Crippen LogP contribution in [-0.4, -0.2) is 17.7 Å². The lowest BCUT2D eigenvalue weighted by Gasteiger charge is -2.27. The van der Waals surface area contributed by atoms with E-state index in [0.29, 0.717) is 15.8 Å². The molecule has 1 saturated carbocycles. The van der Waals surface area contributed by atoms with Gasteiger partial charge in [0, 0.05) is 21.5 Å². The molecule has 1 heterocycles. The molecule has 0 bridgehead atoms. The van der Waals surface area contributed by atoms with E-state index in [0.717, 1.165) is 28.6 Å². The quantitative estimate of drug-likeness (QED) is 0.433. The topological polar surface area (TPSA) is 44.7 Å². The molecular formula is C24H26BrCl2N3O. The van der Waals surface area contributed by atoms with Gasteiger partial charge in [0.1, 0.15) is 5.71 Å². The molecule has 164 valence electrons. The molecule has 1 aliphatic heterocycles. The van der Waals surface area contributed by atoms with Crippen molar-refractivity contribution in [3.05, 3.63) is 62.5 Å². The van der Waals surface area contributed by atoms with Crippen molar-refractivity contribution in [1.29, 1.82) is 0 Å². The van der Waals surface area contributed by atoms with Gasteiger partial charge < -0.3 is 5.32 Å². The first-order valence-corrected chi connectivity index (χ1v) is 12.4. The Bertz CT molecular complexity index is 971. The fraction of sp³-hybridized carbons (Fsp3) is 0.417. The molecule has 2 atom stereocenters. The highest BCUT2D eigenvalue weighted by atomic mass is 79.9. The number of nitrogens with zero attached hydrogens (tertiary/aromatic N) is 2. The zero-order valence-corrected chi connectivity index (χ0v) is 20.6. The summed E-state index contributed by atoms with van der Waals surface area (Å²) >= 11 is 16.2. The molecular weight excluding hydrogens is 497 g/mol. The third-order valence-corrected chi connectivity index (χ3v) is 7.24. The van der Waals surface area contributed by atoms with Gasteiger partial charge in [-0.25, -0.2) is 0 Å². The van der Waals surface area contributed by atoms with Crippen LogP contribution in [0, 0.1) is 5.92 Å². The van der Waals surface area contributed by atoms with E-state index in [1.165, 1.54) is 25.7 Å². The Morgan fingerprint density at radius 1 is 1.06 bits per heavy atom. The molecule has 1 fully saturated rings. The van der Waals surface area contributed by atoms with Crippen LogP contribution in [0.25, 0.3) is 0 Å². The summed E-state index contributed by atoms with van der Waals surface area (Å²) in [6.45, 7) is 2.06. The zero-order chi connectivity index (χ0) is 22.0. The molecule has 1 N–H and O–H groups in total. The van der Waals surface area contributed by atoms with Gasteiger partial charge in [-0.2, -0.15) is 5.10 Å². The summed E-state index contributed by atoms with van der Waals surface area (Å²) < 4.78 is 1.00. The number of hydrazone groups is 1. The van der Waals surface area contributed by atoms with E-state index in [1.54, 1.807) is 12.1 Å². The Labute approximate surface area is 202 Å². The van der Waals surface area contributed by atoms with Crippen LogP contribution in [-0.2, 0) is 4.79 Å². The molecule has 1 aliphatic carbocycles. The van der Waals surface area contributed by atoms with Gasteiger partial charge in [0.25, 0.3) is 5.91 Å². The summed E-state index contributed by atoms with van der Waals surface area (Å²) in [5.74, 6) is -0.173. The average Bonchev–Trinajstić information content (AvgIpc) is 2.89. The maximum absolute atomic E-state index is 13.3. The normalized spacial score (nSPS) is 22.2. The number of amides is 1. The molecule has 4 nitrogen and oxygen atoms in total. The average molecular weight is 523 g/mol. The number of hydrogen-bond donors (Lipinski definition) is 1. The fourth-order valence-electron chi connectivity index (χ4n) is 4.53. The Kier molecular flexibility index (Phi) is 7.25. The van der Waals surface area contributed by atoms with Crippen LogP contribution in [0.15, 0.2) is 52.0 Å². The minimum absolute atomic E-state index is 0.0749. The van der Waals surface area contributed by atoms with Crippen molar-refractivity contribution in [2.45, 2.75) is 57.5 Å². The molecule has 7 heteroatoms. The van der Waals surface area contributed by atoms with Gasteiger partial charge in [-0.3, -0.25) is 9.80 Å². The van der Waals surface area contributed by atoms with Crippen LogP contribution in [0.3, 0.4) is 0 Å². The smallest absolute Gasteiger partial charge is 0.268 e. The van der Waals surface area contributed by atoms with Crippen LogP contribution in [0.4, 0.5) is 5.69 Å². The molecule has 4 rings (SSSR count). The van der Waals surface area contributed by atoms with E-state index >= 15 is 0 Å². The summed E-state index contributed by atoms with van der Waals surface area (Å²) in [6, 6.07) is 13.6. The minimum Gasteiger partial charge on any atom is -0.348 e. The molecule has 31 heavy (non-hydrogen) atoms. The van der Waals surface area contributed by atoms with Gasteiger partial charge in [0.2, 0.25) is 0 Å². The number of anilines is 1. The van der Waals surface area contributed by atoms with Crippen molar-refractivity contribution in [3.63, 3.8) is 0 Å². The number of carbonyl (C=O) groups excluding carboxylic acids is 1. The fourth-order valence-corrected chi connectivity index (χ4v) is 5.29. The second-order valence-electron chi connectivity index (χ2n) is 8.37. The van der Waals surface area contributed by atoms with Crippen molar-refractivity contribution < 1.29 is 4.79 Å². The maximum atomic E-state index is 13.3. The predicted molar refractivity (Wildman–Crippen MR) is 132 cm³/mol. The van der Waals surface area contributed by atoms with Crippen molar-refractivity contribution in [1.82, 2.24) is 5.32 Å². The first-order valence-electron chi connectivity index (χ1n) is 10.8. The Morgan fingerprint density at radius 2 is 1.74 bits per heavy atom. The summed E-state index contributed by atoms with van der Waals surface area (Å²) in [4.78, 5) is 13.3. The first kappa shape index (κ1) is 22.6. The van der Waals surface area contributed by atoms with E-state index in [9.17, 15) is 4.79 Å². The van der Waals surface area contributed by atoms with Gasteiger partial charge in [-0.15, -0.1) is 0 Å². The highest BCUT2D eigenvalue weighted by Gasteiger charge is 2.40. The number of halogens is 3. The zero-order valence-electron chi connectivity index (χ0n) is 17.5. The summed E-state index contributed by atoms with van der Waals surface area (Å²) in [5.41, 5.74) is 2.36. The Hall–Kier alpha value is -1.56. The van der Waals surface area contributed by atoms with Crippen molar-refractivity contribution >= 4 is 56.4 Å². The number of nitrogens with one attached hydrogen (secondary N) is 1. The SMILES string of the molecule is C[C@H]1C(C(=O)NC2CCCCCC2)=NN(c2ccc(Cl)cc2Cl)[C@H]1c1ccc(Br)cc1. The summed E-state index contributed by atoms with van der Waals surface area (Å²) in [5, 5.41) is 11.0. The van der Waals surface area contributed by atoms with Gasteiger partial charge in [-0.1, -0.05) is 83.9 Å². The van der Waals surface area contributed by atoms with Crippen LogP contribution in [0.1, 0.15) is 57.1 Å². The van der Waals surface area contributed by atoms with Crippen molar-refractivity contribution in [2.75, 3.05) is 5.01 Å². The van der Waals surface area contributed by atoms with Gasteiger partial charge in [0.05, 0.1) is 16.8 Å². The Morgan fingerprint density at radius 3 is 2.39 bits per heavy atom. The monoisotopic (exact) mass is 521 g/mol. The van der Waals surface area contributed by atoms with Gasteiger partial charge in [-0.05, 0) is 48.7 Å². The number of hydrogen-bond acceptors (Lipinski definition) is 3. The second-order valence-corrected chi connectivity index (χ2v) is 10.1. The molecule has 0 unspecified atom stereocenters. The van der Waals surface area contributed by atoms with Crippen LogP contribution >= 0.6 is 39.1 Å². The number of carbonyl (C=O) groups is 1. The highest BCUT2D eigenvalue weighted by molar-refractivity contribution is 9.10. The molecule has 2 aromatic rings. The molecule has 1 amide bonds. The van der Waals surface area contributed by atoms with Crippen molar-refractivity contribution in [2.24, 2.45) is 11.0 Å². The van der Waals surface area contributed by atoms with Gasteiger partial charge in [0.15, 0.2) is 0 Å². The third kappa shape index (κ3) is 5.10. The molecule has 2 aliphatic rings. The Balaban J connectivity index is 1.66. The maximum Gasteiger partial charge on any atom is 0.268 e. The minimum atomic E-state index is -0.137. The largest absolute Gasteiger partial charge is 0.348 e. The van der Waals surface area contributed by atoms with E-state index < -0.39 is 0 Å². The number of benzene rings is 2. The molecule has 0 aromatic heterocycles. The molecule has 0 spiro atoms. The molecule has 2 aromatic carbocycles. The summed E-state index contributed by atoms with van der Waals surface area (Å²) in [6.07, 6.45) is 6.91. The predicted octanol–water partition coefficient (Wildman–Crippen LogP) is 7.15. The van der Waals surface area contributed by atoms with E-state index in [4.69, 9.17) is 28.3 Å². The van der Waals surface area contributed by atoms with Crippen LogP contribution < -0.4 is 10.3 Å². The van der Waals surface area contributed by atoms with Gasteiger partial charge >= 0.3 is 0 Å². The molecule has 0 saturated heterocycles. The summed E-state index contributed by atoms with van der Waals surface area (Å²) in [7, 11) is 0. The van der Waals surface area contributed by atoms with Crippen LogP contribution in [0.2, 0.25) is 10.0 Å². The van der Waals surface area contributed by atoms with E-state index in [2.05, 4.69) is 40.3 Å². The highest BCUT2D eigenvalue weighted by Crippen LogP contribution is 2.42. The third-order valence-electron chi connectivity index (χ3n) is 6.17. The first-order chi connectivity index (χ1) is 14.9. The van der Waals surface area contributed by atoms with E-state index in [-0.39, 0.29) is 23.9 Å². The lowest BCUT2D eigenvalue weighted by Crippen LogP contribution is -2.40. The lowest BCUT2D eigenvalue weighted by molar-refractivity contribution is -0.115. The lowest BCUT2D eigenvalue weighted by atomic mass is 9.90. The van der Waals surface area contributed by atoms with Crippen molar-refractivity contribution in [3.8, 4) is 0 Å².